The van der Waals surface area contributed by atoms with Crippen LogP contribution in [0.1, 0.15) is 16.8 Å². The maximum absolute atomic E-state index is 4.61. The van der Waals surface area contributed by atoms with Crippen molar-refractivity contribution in [3.63, 3.8) is 0 Å². The minimum atomic E-state index is 0.762. The number of fused-ring (bicyclic) bond motifs is 1. The lowest BCUT2D eigenvalue weighted by molar-refractivity contribution is 0.756. The van der Waals surface area contributed by atoms with Gasteiger partial charge in [-0.15, -0.1) is 0 Å². The summed E-state index contributed by atoms with van der Waals surface area (Å²) in [4.78, 5) is 4.61. The Morgan fingerprint density at radius 1 is 1.32 bits per heavy atom. The minimum Gasteiger partial charge on any atom is -0.357 e. The van der Waals surface area contributed by atoms with Crippen molar-refractivity contribution in [2.45, 2.75) is 20.4 Å². The van der Waals surface area contributed by atoms with Crippen LogP contribution in [-0.4, -0.2) is 14.8 Å². The Hall–Kier alpha value is -1.88. The van der Waals surface area contributed by atoms with Crippen molar-refractivity contribution >= 4 is 26.7 Å². The fraction of sp³-hybridized carbons (Fsp3) is 0.286. The van der Waals surface area contributed by atoms with Crippen LogP contribution in [0.5, 0.6) is 0 Å². The number of benzene rings is 1. The van der Waals surface area contributed by atoms with Gasteiger partial charge in [-0.1, -0.05) is 17.4 Å². The van der Waals surface area contributed by atoms with Gasteiger partial charge in [0.25, 0.3) is 0 Å². The molecule has 0 saturated carbocycles. The summed E-state index contributed by atoms with van der Waals surface area (Å²) >= 11 is 1.69. The second-order valence-electron chi connectivity index (χ2n) is 4.76. The topological polar surface area (TPSA) is 42.7 Å². The van der Waals surface area contributed by atoms with Crippen LogP contribution in [0.25, 0.3) is 10.2 Å². The number of nitrogens with zero attached hydrogens (tertiary/aromatic N) is 3. The number of hydrogen-bond donors (Lipinski definition) is 1. The predicted molar refractivity (Wildman–Crippen MR) is 79.6 cm³/mol. The highest BCUT2D eigenvalue weighted by Crippen LogP contribution is 2.26. The third-order valence-corrected chi connectivity index (χ3v) is 4.08. The summed E-state index contributed by atoms with van der Waals surface area (Å²) in [5.74, 6) is 0. The summed E-state index contributed by atoms with van der Waals surface area (Å²) in [5.41, 5.74) is 4.58. The molecule has 5 heteroatoms. The molecule has 0 aliphatic carbocycles. The van der Waals surface area contributed by atoms with Crippen molar-refractivity contribution in [3.8, 4) is 0 Å². The number of anilines is 1. The molecule has 19 heavy (non-hydrogen) atoms. The molecule has 0 atom stereocenters. The Balaban J connectivity index is 1.80. The maximum Gasteiger partial charge on any atom is 0.184 e. The average molecular weight is 272 g/mol. The van der Waals surface area contributed by atoms with Crippen molar-refractivity contribution in [1.29, 1.82) is 0 Å². The molecule has 2 heterocycles. The molecule has 3 aromatic rings. The van der Waals surface area contributed by atoms with Crippen LogP contribution in [0.15, 0.2) is 24.4 Å². The maximum atomic E-state index is 4.61. The lowest BCUT2D eigenvalue weighted by Crippen LogP contribution is -1.99. The molecular formula is C14H16N4S. The molecule has 4 nitrogen and oxygen atoms in total. The van der Waals surface area contributed by atoms with Crippen molar-refractivity contribution in [2.75, 3.05) is 5.32 Å². The van der Waals surface area contributed by atoms with Gasteiger partial charge in [-0.05, 0) is 31.5 Å². The summed E-state index contributed by atoms with van der Waals surface area (Å²) in [6, 6.07) is 6.37. The van der Waals surface area contributed by atoms with E-state index < -0.39 is 0 Å². The molecule has 0 fully saturated rings. The van der Waals surface area contributed by atoms with Gasteiger partial charge in [0.15, 0.2) is 5.13 Å². The lowest BCUT2D eigenvalue weighted by Gasteiger charge is -1.99. The smallest absolute Gasteiger partial charge is 0.184 e. The molecule has 0 saturated heterocycles. The molecule has 0 radical (unpaired) electrons. The standard InChI is InChI=1S/C14H16N4S/c1-9-4-5-13-12(6-9)16-14(19-13)15-7-11-8-18(3)17-10(11)2/h4-6,8H,7H2,1-3H3,(H,15,16). The van der Waals surface area contributed by atoms with Crippen molar-refractivity contribution in [1.82, 2.24) is 14.8 Å². The van der Waals surface area contributed by atoms with Crippen LogP contribution in [0.3, 0.4) is 0 Å². The number of aryl methyl sites for hydroxylation is 3. The zero-order valence-electron chi connectivity index (χ0n) is 11.3. The number of nitrogens with one attached hydrogen (secondary N) is 1. The van der Waals surface area contributed by atoms with Crippen LogP contribution in [0.4, 0.5) is 5.13 Å². The van der Waals surface area contributed by atoms with E-state index in [1.165, 1.54) is 15.8 Å². The Kier molecular flexibility index (Phi) is 2.98. The van der Waals surface area contributed by atoms with E-state index in [-0.39, 0.29) is 0 Å². The quantitative estimate of drug-likeness (QED) is 0.796. The highest BCUT2D eigenvalue weighted by atomic mass is 32.1. The molecule has 3 rings (SSSR count). The van der Waals surface area contributed by atoms with E-state index in [0.717, 1.165) is 22.9 Å². The molecule has 0 aliphatic heterocycles. The van der Waals surface area contributed by atoms with Crippen LogP contribution in [0, 0.1) is 13.8 Å². The van der Waals surface area contributed by atoms with Crippen LogP contribution >= 0.6 is 11.3 Å². The first-order valence-electron chi connectivity index (χ1n) is 6.22. The summed E-state index contributed by atoms with van der Waals surface area (Å²) in [6.07, 6.45) is 2.04. The zero-order valence-corrected chi connectivity index (χ0v) is 12.1. The van der Waals surface area contributed by atoms with E-state index in [2.05, 4.69) is 40.5 Å². The van der Waals surface area contributed by atoms with Gasteiger partial charge >= 0.3 is 0 Å². The molecule has 1 N–H and O–H groups in total. The summed E-state index contributed by atoms with van der Waals surface area (Å²) in [5, 5.41) is 8.68. The van der Waals surface area contributed by atoms with Crippen molar-refractivity contribution in [2.24, 2.45) is 7.05 Å². The minimum absolute atomic E-state index is 0.762. The monoisotopic (exact) mass is 272 g/mol. The molecule has 0 spiro atoms. The SMILES string of the molecule is Cc1ccc2sc(NCc3cn(C)nc3C)nc2c1. The average Bonchev–Trinajstić information content (AvgIpc) is 2.89. The van der Waals surface area contributed by atoms with Crippen molar-refractivity contribution in [3.05, 3.63) is 41.2 Å². The molecule has 0 unspecified atom stereocenters. The molecule has 0 aliphatic rings. The van der Waals surface area contributed by atoms with E-state index >= 15 is 0 Å². The van der Waals surface area contributed by atoms with Gasteiger partial charge in [0, 0.05) is 25.4 Å². The van der Waals surface area contributed by atoms with E-state index in [1.807, 2.05) is 24.9 Å². The third-order valence-electron chi connectivity index (χ3n) is 3.09. The second kappa shape index (κ2) is 4.66. The Morgan fingerprint density at radius 3 is 2.89 bits per heavy atom. The van der Waals surface area contributed by atoms with Gasteiger partial charge in [0.2, 0.25) is 0 Å². The van der Waals surface area contributed by atoms with Gasteiger partial charge in [-0.2, -0.15) is 5.10 Å². The first kappa shape index (κ1) is 12.2. The number of thiazole rings is 1. The molecule has 0 bridgehead atoms. The number of aromatic nitrogens is 3. The Labute approximate surface area is 116 Å². The van der Waals surface area contributed by atoms with E-state index in [9.17, 15) is 0 Å². The summed E-state index contributed by atoms with van der Waals surface area (Å²) in [6.45, 7) is 4.88. The molecule has 98 valence electrons. The van der Waals surface area contributed by atoms with Gasteiger partial charge < -0.3 is 5.32 Å². The molecule has 1 aromatic carbocycles. The zero-order chi connectivity index (χ0) is 13.4. The number of hydrogen-bond acceptors (Lipinski definition) is 4. The highest BCUT2D eigenvalue weighted by Gasteiger charge is 2.06. The highest BCUT2D eigenvalue weighted by molar-refractivity contribution is 7.22. The van der Waals surface area contributed by atoms with Crippen molar-refractivity contribution < 1.29 is 0 Å². The lowest BCUT2D eigenvalue weighted by atomic mass is 10.2. The Morgan fingerprint density at radius 2 is 2.16 bits per heavy atom. The predicted octanol–water partition coefficient (Wildman–Crippen LogP) is 3.26. The van der Waals surface area contributed by atoms with Crippen LogP contribution in [0.2, 0.25) is 0 Å². The third kappa shape index (κ3) is 2.46. The van der Waals surface area contributed by atoms with Gasteiger partial charge in [0.1, 0.15) is 0 Å². The van der Waals surface area contributed by atoms with Gasteiger partial charge in [0.05, 0.1) is 15.9 Å². The summed E-state index contributed by atoms with van der Waals surface area (Å²) in [7, 11) is 1.94. The molecular weight excluding hydrogens is 256 g/mol. The first-order valence-corrected chi connectivity index (χ1v) is 7.03. The Bertz CT molecular complexity index is 726. The fourth-order valence-corrected chi connectivity index (χ4v) is 2.95. The molecule has 2 aromatic heterocycles. The largest absolute Gasteiger partial charge is 0.357 e. The van der Waals surface area contributed by atoms with Gasteiger partial charge in [-0.3, -0.25) is 4.68 Å². The fourth-order valence-electron chi connectivity index (χ4n) is 2.11. The normalized spacial score (nSPS) is 11.1. The van der Waals surface area contributed by atoms with E-state index in [0.29, 0.717) is 0 Å². The summed E-state index contributed by atoms with van der Waals surface area (Å²) < 4.78 is 3.06. The molecule has 0 amide bonds. The second-order valence-corrected chi connectivity index (χ2v) is 5.79. The number of rotatable bonds is 3. The van der Waals surface area contributed by atoms with Crippen LogP contribution < -0.4 is 5.32 Å². The van der Waals surface area contributed by atoms with E-state index in [1.54, 1.807) is 11.3 Å². The first-order chi connectivity index (χ1) is 9.11. The van der Waals surface area contributed by atoms with Crippen LogP contribution in [-0.2, 0) is 13.6 Å². The van der Waals surface area contributed by atoms with E-state index in [4.69, 9.17) is 0 Å². The van der Waals surface area contributed by atoms with Gasteiger partial charge in [-0.25, -0.2) is 4.98 Å².